The molecule has 0 spiro atoms. The van der Waals surface area contributed by atoms with E-state index in [0.29, 0.717) is 25.1 Å². The Morgan fingerprint density at radius 2 is 1.68 bits per heavy atom. The number of nitrogens with one attached hydrogen (secondary N) is 2. The third-order valence-corrected chi connectivity index (χ3v) is 10.4. The van der Waals surface area contributed by atoms with Gasteiger partial charge in [-0.1, -0.05) is 31.6 Å². The summed E-state index contributed by atoms with van der Waals surface area (Å²) in [7, 11) is -10.3. The molecule has 1 unspecified atom stereocenters. The summed E-state index contributed by atoms with van der Waals surface area (Å²) in [6.45, 7) is 7.33. The monoisotopic (exact) mass is 648 g/mol. The van der Waals surface area contributed by atoms with Crippen LogP contribution in [0.1, 0.15) is 68.9 Å². The van der Waals surface area contributed by atoms with Gasteiger partial charge < -0.3 is 24.8 Å². The molecule has 4 atom stereocenters. The number of amides is 2. The standard InChI is InChI=1S/C29H34F6N4O4S/c1-15(17-6-5-7-22(24(17)30)44(31,32,33,34)35)36-26(41)20-14-39(29-9-16(10-29)11-29)23(40)8-21(20)37-25-18-12-38(13-19(18)25)27(42)43-28(2,3)4/h5-8,14-16,18-19,25,37H,9-13H2,1-4H3,(H,36,41)/t15-,16?,18-,19+,25?,29?/m1/s1. The van der Waals surface area contributed by atoms with Crippen molar-refractivity contribution in [2.24, 2.45) is 17.8 Å². The lowest BCUT2D eigenvalue weighted by Gasteiger charge is -2.62. The molecule has 1 aromatic heterocycles. The van der Waals surface area contributed by atoms with E-state index in [2.05, 4.69) is 10.6 Å². The first-order valence-electron chi connectivity index (χ1n) is 14.4. The second-order valence-electron chi connectivity index (χ2n) is 13.7. The summed E-state index contributed by atoms with van der Waals surface area (Å²) in [4.78, 5) is 38.2. The summed E-state index contributed by atoms with van der Waals surface area (Å²) in [5, 5.41) is 5.67. The average molecular weight is 649 g/mol. The number of fused-ring (bicyclic) bond motifs is 1. The van der Waals surface area contributed by atoms with E-state index in [1.165, 1.54) is 23.8 Å². The maximum atomic E-state index is 14.8. The van der Waals surface area contributed by atoms with Crippen molar-refractivity contribution in [3.8, 4) is 0 Å². The van der Waals surface area contributed by atoms with E-state index in [0.717, 1.165) is 25.3 Å². The van der Waals surface area contributed by atoms with Gasteiger partial charge in [-0.25, -0.2) is 9.18 Å². The van der Waals surface area contributed by atoms with E-state index < -0.39 is 55.7 Å². The summed E-state index contributed by atoms with van der Waals surface area (Å²) in [5.74, 6) is -2.38. The van der Waals surface area contributed by atoms with Crippen molar-refractivity contribution in [3.05, 3.63) is 57.8 Å². The fourth-order valence-corrected chi connectivity index (χ4v) is 7.63. The van der Waals surface area contributed by atoms with Crippen LogP contribution in [0.4, 0.5) is 34.3 Å². The number of ether oxygens (including phenoxy) is 1. The molecule has 1 saturated heterocycles. The summed E-state index contributed by atoms with van der Waals surface area (Å²) in [6.07, 6.45) is 3.35. The minimum absolute atomic E-state index is 0.0134. The number of rotatable bonds is 7. The Morgan fingerprint density at radius 1 is 1.07 bits per heavy atom. The molecule has 2 heterocycles. The number of likely N-dealkylation sites (tertiary alicyclic amines) is 1. The number of benzene rings is 1. The Labute approximate surface area is 249 Å². The summed E-state index contributed by atoms with van der Waals surface area (Å²) >= 11 is 0. The van der Waals surface area contributed by atoms with Crippen LogP contribution in [0.15, 0.2) is 40.2 Å². The van der Waals surface area contributed by atoms with Crippen LogP contribution >= 0.6 is 10.2 Å². The molecule has 2 bridgehead atoms. The topological polar surface area (TPSA) is 92.7 Å². The molecule has 2 amide bonds. The summed E-state index contributed by atoms with van der Waals surface area (Å²) in [5.41, 5.74) is -1.93. The first-order chi connectivity index (χ1) is 20.0. The highest BCUT2D eigenvalue weighted by molar-refractivity contribution is 8.45. The predicted molar refractivity (Wildman–Crippen MR) is 152 cm³/mol. The molecule has 2 N–H and O–H groups in total. The van der Waals surface area contributed by atoms with Crippen molar-refractivity contribution >= 4 is 27.9 Å². The van der Waals surface area contributed by atoms with Gasteiger partial charge in [0.2, 0.25) is 0 Å². The van der Waals surface area contributed by atoms with Crippen molar-refractivity contribution in [1.82, 2.24) is 14.8 Å². The Balaban J connectivity index is 1.24. The molecule has 5 aliphatic rings. The maximum absolute atomic E-state index is 14.8. The minimum Gasteiger partial charge on any atom is -0.444 e. The number of nitrogens with zero attached hydrogens (tertiary/aromatic N) is 2. The molecular weight excluding hydrogens is 614 g/mol. The molecule has 4 aliphatic carbocycles. The zero-order valence-electron chi connectivity index (χ0n) is 24.5. The normalized spacial score (nSPS) is 29.3. The molecule has 5 fully saturated rings. The van der Waals surface area contributed by atoms with E-state index in [-0.39, 0.29) is 40.8 Å². The first-order valence-corrected chi connectivity index (χ1v) is 16.4. The third kappa shape index (κ3) is 5.40. The molecule has 7 rings (SSSR count). The summed E-state index contributed by atoms with van der Waals surface area (Å²) < 4.78 is 89.0. The lowest BCUT2D eigenvalue weighted by Crippen LogP contribution is -2.62. The van der Waals surface area contributed by atoms with E-state index in [1.54, 1.807) is 25.7 Å². The van der Waals surface area contributed by atoms with E-state index in [1.807, 2.05) is 0 Å². The molecule has 4 saturated carbocycles. The van der Waals surface area contributed by atoms with Crippen LogP contribution in [-0.4, -0.2) is 46.2 Å². The second-order valence-corrected chi connectivity index (χ2v) is 16.1. The highest BCUT2D eigenvalue weighted by Crippen LogP contribution is 3.02. The first kappa shape index (κ1) is 30.7. The van der Waals surface area contributed by atoms with Gasteiger partial charge in [-0.2, -0.15) is 0 Å². The fourth-order valence-electron chi connectivity index (χ4n) is 6.84. The predicted octanol–water partition coefficient (Wildman–Crippen LogP) is 6.92. The third-order valence-electron chi connectivity index (χ3n) is 9.21. The number of halogens is 6. The van der Waals surface area contributed by atoms with E-state index >= 15 is 0 Å². The van der Waals surface area contributed by atoms with Crippen molar-refractivity contribution in [3.63, 3.8) is 0 Å². The van der Waals surface area contributed by atoms with Gasteiger partial charge in [-0.15, -0.1) is 0 Å². The molecular formula is C29H34F6N4O4S. The molecule has 0 radical (unpaired) electrons. The summed E-state index contributed by atoms with van der Waals surface area (Å²) in [6, 6.07) is 1.26. The number of piperidine rings is 1. The van der Waals surface area contributed by atoms with Crippen LogP contribution in [0.25, 0.3) is 0 Å². The molecule has 15 heteroatoms. The van der Waals surface area contributed by atoms with Crippen LogP contribution in [-0.2, 0) is 10.3 Å². The number of pyridine rings is 1. The maximum Gasteiger partial charge on any atom is 0.410 e. The fraction of sp³-hybridized carbons (Fsp3) is 0.552. The molecule has 44 heavy (non-hydrogen) atoms. The van der Waals surface area contributed by atoms with Crippen LogP contribution in [0, 0.1) is 23.6 Å². The number of hydrogen-bond donors (Lipinski definition) is 2. The van der Waals surface area contributed by atoms with Gasteiger partial charge in [-0.3, -0.25) is 9.59 Å². The van der Waals surface area contributed by atoms with Crippen molar-refractivity contribution < 1.29 is 38.1 Å². The average Bonchev–Trinajstić information content (AvgIpc) is 3.23. The largest absolute Gasteiger partial charge is 0.444 e. The van der Waals surface area contributed by atoms with Gasteiger partial charge in [0.05, 0.1) is 17.3 Å². The second kappa shape index (κ2) is 8.88. The van der Waals surface area contributed by atoms with Gasteiger partial charge in [0.25, 0.3) is 11.5 Å². The number of carbonyl (C=O) groups is 2. The number of anilines is 1. The number of aromatic nitrogens is 1. The molecule has 2 aromatic rings. The number of carbonyl (C=O) groups excluding carboxylic acids is 2. The minimum atomic E-state index is -10.3. The Hall–Kier alpha value is -3.36. The van der Waals surface area contributed by atoms with Crippen LogP contribution in [0.3, 0.4) is 0 Å². The quantitative estimate of drug-likeness (QED) is 0.318. The van der Waals surface area contributed by atoms with Crippen LogP contribution < -0.4 is 16.2 Å². The van der Waals surface area contributed by atoms with E-state index in [9.17, 15) is 38.2 Å². The van der Waals surface area contributed by atoms with Crippen LogP contribution in [0.2, 0.25) is 0 Å². The highest BCUT2D eigenvalue weighted by Gasteiger charge is 2.67. The highest BCUT2D eigenvalue weighted by atomic mass is 32.5. The van der Waals surface area contributed by atoms with Gasteiger partial charge in [-0.05, 0) is 58.9 Å². The van der Waals surface area contributed by atoms with Gasteiger partial charge >= 0.3 is 16.3 Å². The van der Waals surface area contributed by atoms with Crippen molar-refractivity contribution in [2.45, 2.75) is 75.1 Å². The lowest BCUT2D eigenvalue weighted by atomic mass is 9.49. The molecule has 1 aromatic carbocycles. The van der Waals surface area contributed by atoms with Gasteiger partial charge in [0.1, 0.15) is 10.5 Å². The lowest BCUT2D eigenvalue weighted by molar-refractivity contribution is -0.0914. The molecule has 8 nitrogen and oxygen atoms in total. The molecule has 1 aliphatic heterocycles. The Morgan fingerprint density at radius 3 is 2.20 bits per heavy atom. The Bertz CT molecular complexity index is 1610. The van der Waals surface area contributed by atoms with Gasteiger partial charge in [0.15, 0.2) is 5.82 Å². The van der Waals surface area contributed by atoms with Crippen LogP contribution in [0.5, 0.6) is 0 Å². The number of hydrogen-bond acceptors (Lipinski definition) is 5. The molecule has 242 valence electrons. The Kier molecular flexibility index (Phi) is 6.19. The van der Waals surface area contributed by atoms with Gasteiger partial charge in [0, 0.05) is 54.3 Å². The smallest absolute Gasteiger partial charge is 0.410 e. The zero-order valence-corrected chi connectivity index (χ0v) is 25.3. The van der Waals surface area contributed by atoms with Crippen molar-refractivity contribution in [2.75, 3.05) is 18.4 Å². The zero-order chi connectivity index (χ0) is 32.3. The van der Waals surface area contributed by atoms with E-state index in [4.69, 9.17) is 4.74 Å². The SMILES string of the molecule is C[C@@H](NC(=O)c1cn(C23CC(C2)C3)c(=O)cc1NC1[C@H]2CN(C(=O)OC(C)(C)C)C[C@@H]12)c1cccc(S(F)(F)(F)(F)F)c1F. The van der Waals surface area contributed by atoms with Crippen molar-refractivity contribution in [1.29, 1.82) is 0 Å².